The summed E-state index contributed by atoms with van der Waals surface area (Å²) in [6, 6.07) is 1.13. The number of carbonyl (C=O) groups is 1. The van der Waals surface area contributed by atoms with Crippen LogP contribution in [0.15, 0.2) is 6.07 Å². The zero-order valence-electron chi connectivity index (χ0n) is 8.09. The maximum Gasteiger partial charge on any atom is 0.209 e. The maximum atomic E-state index is 13.2. The molecule has 0 radical (unpaired) electrons. The van der Waals surface area contributed by atoms with Crippen LogP contribution in [-0.4, -0.2) is 18.5 Å². The minimum absolute atomic E-state index is 0.0536. The number of aromatic hydroxyl groups is 1. The van der Waals surface area contributed by atoms with Crippen LogP contribution in [-0.2, 0) is 11.2 Å². The first-order valence-electron chi connectivity index (χ1n) is 4.29. The number of aryl methyl sites for hydroxylation is 1. The number of benzene rings is 1. The lowest BCUT2D eigenvalue weighted by atomic mass is 10.1. The molecule has 0 unspecified atom stereocenters. The third kappa shape index (κ3) is 2.23. The van der Waals surface area contributed by atoms with E-state index in [9.17, 15) is 13.6 Å². The Bertz CT molecular complexity index is 377. The van der Waals surface area contributed by atoms with Crippen LogP contribution in [0.3, 0.4) is 0 Å². The summed E-state index contributed by atoms with van der Waals surface area (Å²) in [6.45, 7) is 0. The first-order valence-corrected chi connectivity index (χ1v) is 4.29. The molecule has 1 aromatic carbocycles. The molecule has 1 rings (SSSR count). The Morgan fingerprint density at radius 1 is 1.47 bits per heavy atom. The Kier molecular flexibility index (Phi) is 3.60. The number of hydrogen-bond donors (Lipinski definition) is 1. The topological polar surface area (TPSA) is 46.5 Å². The molecule has 0 spiro atoms. The van der Waals surface area contributed by atoms with Crippen LogP contribution in [0.5, 0.6) is 11.5 Å². The van der Waals surface area contributed by atoms with Crippen molar-refractivity contribution in [1.29, 1.82) is 0 Å². The number of ether oxygens (including phenoxy) is 1. The van der Waals surface area contributed by atoms with Gasteiger partial charge >= 0.3 is 0 Å². The van der Waals surface area contributed by atoms with Gasteiger partial charge in [-0.3, -0.25) is 0 Å². The fourth-order valence-corrected chi connectivity index (χ4v) is 1.19. The van der Waals surface area contributed by atoms with Crippen molar-refractivity contribution >= 4 is 6.29 Å². The summed E-state index contributed by atoms with van der Waals surface area (Å²) in [4.78, 5) is 10.1. The maximum absolute atomic E-state index is 13.2. The lowest BCUT2D eigenvalue weighted by Gasteiger charge is -2.08. The second kappa shape index (κ2) is 4.72. The van der Waals surface area contributed by atoms with E-state index in [1.165, 1.54) is 7.11 Å². The molecular formula is C10H10F2O3. The van der Waals surface area contributed by atoms with Crippen LogP contribution in [0.25, 0.3) is 0 Å². The molecular weight excluding hydrogens is 206 g/mol. The van der Waals surface area contributed by atoms with Crippen LogP contribution in [0.1, 0.15) is 12.0 Å². The van der Waals surface area contributed by atoms with E-state index >= 15 is 0 Å². The Hall–Kier alpha value is -1.65. The molecule has 0 aliphatic carbocycles. The van der Waals surface area contributed by atoms with Crippen molar-refractivity contribution < 1.29 is 23.4 Å². The first kappa shape index (κ1) is 11.4. The van der Waals surface area contributed by atoms with Crippen molar-refractivity contribution in [2.75, 3.05) is 7.11 Å². The van der Waals surface area contributed by atoms with Gasteiger partial charge in [0.15, 0.2) is 17.3 Å². The Labute approximate surface area is 85.3 Å². The summed E-state index contributed by atoms with van der Waals surface area (Å²) < 4.78 is 30.9. The van der Waals surface area contributed by atoms with Crippen molar-refractivity contribution in [1.82, 2.24) is 0 Å². The largest absolute Gasteiger partial charge is 0.503 e. The molecule has 0 aliphatic heterocycles. The minimum Gasteiger partial charge on any atom is -0.503 e. The number of hydrogen-bond acceptors (Lipinski definition) is 3. The number of phenols is 1. The molecule has 1 N–H and O–H groups in total. The predicted octanol–water partition coefficient (Wildman–Crippen LogP) is 1.81. The lowest BCUT2D eigenvalue weighted by Crippen LogP contribution is -1.98. The average molecular weight is 216 g/mol. The second-order valence-electron chi connectivity index (χ2n) is 2.92. The van der Waals surface area contributed by atoms with E-state index in [1.807, 2.05) is 0 Å². The summed E-state index contributed by atoms with van der Waals surface area (Å²) in [7, 11) is 1.21. The molecule has 0 fully saturated rings. The van der Waals surface area contributed by atoms with Gasteiger partial charge in [0, 0.05) is 6.42 Å². The molecule has 0 atom stereocenters. The average Bonchev–Trinajstić information content (AvgIpc) is 2.25. The summed E-state index contributed by atoms with van der Waals surface area (Å²) in [5.41, 5.74) is 0.0536. The van der Waals surface area contributed by atoms with Crippen LogP contribution in [0.2, 0.25) is 0 Å². The third-order valence-electron chi connectivity index (χ3n) is 1.97. The lowest BCUT2D eigenvalue weighted by molar-refractivity contribution is -0.107. The summed E-state index contributed by atoms with van der Waals surface area (Å²) >= 11 is 0. The van der Waals surface area contributed by atoms with E-state index < -0.39 is 17.4 Å². The van der Waals surface area contributed by atoms with E-state index in [0.29, 0.717) is 6.29 Å². The van der Waals surface area contributed by atoms with Gasteiger partial charge in [-0.2, -0.15) is 4.39 Å². The Morgan fingerprint density at radius 3 is 2.67 bits per heavy atom. The molecule has 0 aliphatic rings. The smallest absolute Gasteiger partial charge is 0.209 e. The van der Waals surface area contributed by atoms with Crippen LogP contribution < -0.4 is 4.74 Å². The SMILES string of the molecule is COc1cc(CCC=O)c(F)c(O)c1F. The first-order chi connectivity index (χ1) is 7.11. The van der Waals surface area contributed by atoms with Gasteiger partial charge in [0.2, 0.25) is 5.82 Å². The highest BCUT2D eigenvalue weighted by Gasteiger charge is 2.17. The molecule has 15 heavy (non-hydrogen) atoms. The van der Waals surface area contributed by atoms with Crippen molar-refractivity contribution in [3.63, 3.8) is 0 Å². The molecule has 0 saturated heterocycles. The summed E-state index contributed by atoms with van der Waals surface area (Å²) in [6.07, 6.45) is 0.816. The van der Waals surface area contributed by atoms with Crippen LogP contribution >= 0.6 is 0 Å². The van der Waals surface area contributed by atoms with E-state index in [4.69, 9.17) is 5.11 Å². The highest BCUT2D eigenvalue weighted by molar-refractivity contribution is 5.51. The van der Waals surface area contributed by atoms with Gasteiger partial charge in [-0.1, -0.05) is 0 Å². The molecule has 0 saturated carbocycles. The predicted molar refractivity (Wildman–Crippen MR) is 49.0 cm³/mol. The molecule has 5 heteroatoms. The van der Waals surface area contributed by atoms with Gasteiger partial charge in [-0.05, 0) is 18.1 Å². The van der Waals surface area contributed by atoms with Gasteiger partial charge in [0.1, 0.15) is 6.29 Å². The molecule has 3 nitrogen and oxygen atoms in total. The van der Waals surface area contributed by atoms with E-state index in [2.05, 4.69) is 4.74 Å². The molecule has 0 bridgehead atoms. The number of phenolic OH excluding ortho intramolecular Hbond substituents is 1. The van der Waals surface area contributed by atoms with E-state index in [-0.39, 0.29) is 24.2 Å². The van der Waals surface area contributed by atoms with E-state index in [0.717, 1.165) is 6.07 Å². The normalized spacial score (nSPS) is 10.1. The van der Waals surface area contributed by atoms with Gasteiger partial charge < -0.3 is 14.6 Å². The number of carbonyl (C=O) groups excluding carboxylic acids is 1. The second-order valence-corrected chi connectivity index (χ2v) is 2.92. The van der Waals surface area contributed by atoms with Crippen LogP contribution in [0, 0.1) is 11.6 Å². The Morgan fingerprint density at radius 2 is 2.13 bits per heavy atom. The zero-order chi connectivity index (χ0) is 11.4. The number of methoxy groups -OCH3 is 1. The highest BCUT2D eigenvalue weighted by atomic mass is 19.1. The van der Waals surface area contributed by atoms with Crippen molar-refractivity contribution in [2.24, 2.45) is 0 Å². The van der Waals surface area contributed by atoms with Gasteiger partial charge in [0.25, 0.3) is 0 Å². The highest BCUT2D eigenvalue weighted by Crippen LogP contribution is 2.31. The van der Waals surface area contributed by atoms with E-state index in [1.54, 1.807) is 0 Å². The molecule has 0 amide bonds. The fraction of sp³-hybridized carbons (Fsp3) is 0.300. The van der Waals surface area contributed by atoms with Gasteiger partial charge in [-0.25, -0.2) is 4.39 Å². The number of aldehydes is 1. The third-order valence-corrected chi connectivity index (χ3v) is 1.97. The Balaban J connectivity index is 3.16. The molecule has 82 valence electrons. The summed E-state index contributed by atoms with van der Waals surface area (Å²) in [5, 5.41) is 9.08. The molecule has 0 aromatic heterocycles. The van der Waals surface area contributed by atoms with Crippen LogP contribution in [0.4, 0.5) is 8.78 Å². The monoisotopic (exact) mass is 216 g/mol. The fourth-order valence-electron chi connectivity index (χ4n) is 1.19. The summed E-state index contributed by atoms with van der Waals surface area (Å²) in [5.74, 6) is -3.50. The number of halogens is 2. The van der Waals surface area contributed by atoms with Crippen molar-refractivity contribution in [2.45, 2.75) is 12.8 Å². The van der Waals surface area contributed by atoms with Gasteiger partial charge in [0.05, 0.1) is 7.11 Å². The standard InChI is InChI=1S/C10H10F2O3/c1-15-7-5-6(3-2-4-13)8(11)10(14)9(7)12/h4-5,14H,2-3H2,1H3. The zero-order valence-corrected chi connectivity index (χ0v) is 8.09. The molecule has 0 heterocycles. The quantitative estimate of drug-likeness (QED) is 0.781. The molecule has 1 aromatic rings. The van der Waals surface area contributed by atoms with Gasteiger partial charge in [-0.15, -0.1) is 0 Å². The number of rotatable bonds is 4. The van der Waals surface area contributed by atoms with Crippen molar-refractivity contribution in [3.05, 3.63) is 23.3 Å². The van der Waals surface area contributed by atoms with Crippen molar-refractivity contribution in [3.8, 4) is 11.5 Å². The minimum atomic E-state index is -1.13.